The summed E-state index contributed by atoms with van der Waals surface area (Å²) in [5.41, 5.74) is 4.44. The van der Waals surface area contributed by atoms with Gasteiger partial charge in [0.2, 0.25) is 5.91 Å². The zero-order chi connectivity index (χ0) is 13.8. The van der Waals surface area contributed by atoms with Gasteiger partial charge >= 0.3 is 0 Å². The summed E-state index contributed by atoms with van der Waals surface area (Å²) in [6.45, 7) is 4.14. The van der Waals surface area contributed by atoms with E-state index in [0.717, 1.165) is 17.7 Å². The van der Waals surface area contributed by atoms with Crippen LogP contribution in [0.1, 0.15) is 43.7 Å². The van der Waals surface area contributed by atoms with Gasteiger partial charge in [0, 0.05) is 12.1 Å². The SMILES string of the molecule is CC(C)=CCc1cccc2c1C(CCC#N)C(=O)N2. The molecule has 0 radical (unpaired) electrons. The number of fused-ring (bicyclic) bond motifs is 1. The molecular formula is C16H18N2O. The minimum Gasteiger partial charge on any atom is -0.325 e. The van der Waals surface area contributed by atoms with E-state index in [0.29, 0.717) is 12.8 Å². The standard InChI is InChI=1S/C16H18N2O/c1-11(2)8-9-12-5-3-7-14-15(12)13(6-4-10-17)16(19)18-14/h3,5,7-8,13H,4,6,9H2,1-2H3,(H,18,19). The zero-order valence-corrected chi connectivity index (χ0v) is 11.4. The van der Waals surface area contributed by atoms with Crippen molar-refractivity contribution in [1.82, 2.24) is 0 Å². The van der Waals surface area contributed by atoms with Gasteiger partial charge in [0.25, 0.3) is 0 Å². The van der Waals surface area contributed by atoms with Gasteiger partial charge in [0.1, 0.15) is 0 Å². The van der Waals surface area contributed by atoms with Crippen LogP contribution in [-0.2, 0) is 11.2 Å². The molecule has 1 atom stereocenters. The van der Waals surface area contributed by atoms with Crippen molar-refractivity contribution in [3.63, 3.8) is 0 Å². The van der Waals surface area contributed by atoms with Crippen LogP contribution in [0, 0.1) is 11.3 Å². The Balaban J connectivity index is 2.34. The third-order valence-corrected chi connectivity index (χ3v) is 3.39. The molecule has 3 heteroatoms. The van der Waals surface area contributed by atoms with Crippen molar-refractivity contribution in [2.45, 2.75) is 39.0 Å². The summed E-state index contributed by atoms with van der Waals surface area (Å²) in [6, 6.07) is 8.10. The van der Waals surface area contributed by atoms with Gasteiger partial charge in [0.15, 0.2) is 0 Å². The second kappa shape index (κ2) is 5.71. The van der Waals surface area contributed by atoms with Crippen LogP contribution in [0.3, 0.4) is 0 Å². The predicted molar refractivity (Wildman–Crippen MR) is 75.8 cm³/mol. The second-order valence-corrected chi connectivity index (χ2v) is 5.10. The van der Waals surface area contributed by atoms with E-state index in [-0.39, 0.29) is 11.8 Å². The molecule has 1 aliphatic heterocycles. The first-order valence-corrected chi connectivity index (χ1v) is 6.56. The maximum Gasteiger partial charge on any atom is 0.232 e. The largest absolute Gasteiger partial charge is 0.325 e. The highest BCUT2D eigenvalue weighted by atomic mass is 16.2. The quantitative estimate of drug-likeness (QED) is 0.835. The van der Waals surface area contributed by atoms with Crippen LogP contribution in [0.5, 0.6) is 0 Å². The average molecular weight is 254 g/mol. The number of carbonyl (C=O) groups is 1. The van der Waals surface area contributed by atoms with Crippen molar-refractivity contribution in [3.05, 3.63) is 41.0 Å². The lowest BCUT2D eigenvalue weighted by Crippen LogP contribution is -2.12. The van der Waals surface area contributed by atoms with Gasteiger partial charge in [-0.15, -0.1) is 0 Å². The molecule has 0 bridgehead atoms. The normalized spacial score (nSPS) is 16.5. The monoisotopic (exact) mass is 254 g/mol. The molecular weight excluding hydrogens is 236 g/mol. The van der Waals surface area contributed by atoms with E-state index in [9.17, 15) is 4.79 Å². The van der Waals surface area contributed by atoms with Gasteiger partial charge in [-0.25, -0.2) is 0 Å². The Labute approximate surface area is 113 Å². The highest BCUT2D eigenvalue weighted by Gasteiger charge is 2.31. The Morgan fingerprint density at radius 1 is 1.47 bits per heavy atom. The number of nitrogens with one attached hydrogen (secondary N) is 1. The molecule has 1 aromatic carbocycles. The van der Waals surface area contributed by atoms with Crippen LogP contribution in [0.15, 0.2) is 29.8 Å². The highest BCUT2D eigenvalue weighted by molar-refractivity contribution is 6.03. The lowest BCUT2D eigenvalue weighted by molar-refractivity contribution is -0.117. The van der Waals surface area contributed by atoms with E-state index in [4.69, 9.17) is 5.26 Å². The summed E-state index contributed by atoms with van der Waals surface area (Å²) >= 11 is 0. The maximum absolute atomic E-state index is 12.0. The molecule has 0 saturated heterocycles. The van der Waals surface area contributed by atoms with Gasteiger partial charge in [-0.2, -0.15) is 5.26 Å². The number of anilines is 1. The molecule has 1 unspecified atom stereocenters. The first-order chi connectivity index (χ1) is 9.13. The highest BCUT2D eigenvalue weighted by Crippen LogP contribution is 2.38. The summed E-state index contributed by atoms with van der Waals surface area (Å²) in [7, 11) is 0. The molecule has 1 aromatic rings. The third-order valence-electron chi connectivity index (χ3n) is 3.39. The lowest BCUT2D eigenvalue weighted by atomic mass is 9.90. The smallest absolute Gasteiger partial charge is 0.232 e. The van der Waals surface area contributed by atoms with E-state index in [1.807, 2.05) is 12.1 Å². The van der Waals surface area contributed by atoms with Gasteiger partial charge in [-0.05, 0) is 43.9 Å². The van der Waals surface area contributed by atoms with E-state index in [1.165, 1.54) is 11.1 Å². The fourth-order valence-electron chi connectivity index (χ4n) is 2.46. The number of amides is 1. The molecule has 1 amide bonds. The maximum atomic E-state index is 12.0. The molecule has 98 valence electrons. The molecule has 3 nitrogen and oxygen atoms in total. The Morgan fingerprint density at radius 2 is 2.26 bits per heavy atom. The molecule has 1 N–H and O–H groups in total. The molecule has 0 saturated carbocycles. The van der Waals surface area contributed by atoms with Gasteiger partial charge in [-0.1, -0.05) is 23.8 Å². The molecule has 0 aliphatic carbocycles. The summed E-state index contributed by atoms with van der Waals surface area (Å²) in [5, 5.41) is 11.6. The minimum atomic E-state index is -0.170. The molecule has 0 fully saturated rings. The summed E-state index contributed by atoms with van der Waals surface area (Å²) in [4.78, 5) is 12.0. The number of nitrogens with zero attached hydrogens (tertiary/aromatic N) is 1. The van der Waals surface area contributed by atoms with Crippen molar-refractivity contribution in [3.8, 4) is 6.07 Å². The Hall–Kier alpha value is -2.08. The van der Waals surface area contributed by atoms with E-state index >= 15 is 0 Å². The van der Waals surface area contributed by atoms with Gasteiger partial charge in [-0.3, -0.25) is 4.79 Å². The minimum absolute atomic E-state index is 0.0231. The number of rotatable bonds is 4. The fourth-order valence-corrected chi connectivity index (χ4v) is 2.46. The first kappa shape index (κ1) is 13.4. The topological polar surface area (TPSA) is 52.9 Å². The van der Waals surface area contributed by atoms with Crippen LogP contribution < -0.4 is 5.32 Å². The summed E-state index contributed by atoms with van der Waals surface area (Å²) in [6.07, 6.45) is 4.01. The third kappa shape index (κ3) is 2.85. The molecule has 2 rings (SSSR count). The van der Waals surface area contributed by atoms with Crippen molar-refractivity contribution in [2.75, 3.05) is 5.32 Å². The zero-order valence-electron chi connectivity index (χ0n) is 11.4. The van der Waals surface area contributed by atoms with Crippen LogP contribution in [0.25, 0.3) is 0 Å². The summed E-state index contributed by atoms with van der Waals surface area (Å²) in [5.74, 6) is -0.147. The van der Waals surface area contributed by atoms with Crippen LogP contribution in [0.4, 0.5) is 5.69 Å². The lowest BCUT2D eigenvalue weighted by Gasteiger charge is -2.11. The molecule has 1 heterocycles. The van der Waals surface area contributed by atoms with Crippen LogP contribution in [-0.4, -0.2) is 5.91 Å². The van der Waals surface area contributed by atoms with Crippen LogP contribution >= 0.6 is 0 Å². The second-order valence-electron chi connectivity index (χ2n) is 5.10. The Bertz CT molecular complexity index is 563. The van der Waals surface area contributed by atoms with E-state index in [1.54, 1.807) is 0 Å². The van der Waals surface area contributed by atoms with Crippen molar-refractivity contribution < 1.29 is 4.79 Å². The molecule has 1 aliphatic rings. The molecule has 19 heavy (non-hydrogen) atoms. The predicted octanol–water partition coefficient (Wildman–Crippen LogP) is 3.53. The Morgan fingerprint density at radius 3 is 2.95 bits per heavy atom. The Kier molecular flexibility index (Phi) is 4.01. The van der Waals surface area contributed by atoms with E-state index in [2.05, 4.69) is 37.4 Å². The average Bonchev–Trinajstić information content (AvgIpc) is 2.70. The van der Waals surface area contributed by atoms with Crippen molar-refractivity contribution >= 4 is 11.6 Å². The molecule has 0 aromatic heterocycles. The van der Waals surface area contributed by atoms with Crippen molar-refractivity contribution in [2.24, 2.45) is 0 Å². The van der Waals surface area contributed by atoms with Gasteiger partial charge in [0.05, 0.1) is 12.0 Å². The first-order valence-electron chi connectivity index (χ1n) is 6.56. The van der Waals surface area contributed by atoms with Crippen molar-refractivity contribution in [1.29, 1.82) is 5.26 Å². The number of nitriles is 1. The number of carbonyl (C=O) groups excluding carboxylic acids is 1. The number of benzene rings is 1. The van der Waals surface area contributed by atoms with Gasteiger partial charge < -0.3 is 5.32 Å². The number of allylic oxidation sites excluding steroid dienone is 2. The van der Waals surface area contributed by atoms with Crippen LogP contribution in [0.2, 0.25) is 0 Å². The fraction of sp³-hybridized carbons (Fsp3) is 0.375. The summed E-state index contributed by atoms with van der Waals surface area (Å²) < 4.78 is 0. The van der Waals surface area contributed by atoms with E-state index < -0.39 is 0 Å². The number of hydrogen-bond acceptors (Lipinski definition) is 2. The number of hydrogen-bond donors (Lipinski definition) is 1. The molecule has 0 spiro atoms.